The number of carbonyl (C=O) groups excluding carboxylic acids is 7. The fraction of sp³-hybridized carbons (Fsp3) is 0.500. The van der Waals surface area contributed by atoms with Crippen LogP contribution in [0, 0.1) is 0 Å². The number of carboxylic acid groups (broad SMARTS) is 3. The van der Waals surface area contributed by atoms with Gasteiger partial charge < -0.3 is 75.3 Å². The second kappa shape index (κ2) is 25.4. The van der Waals surface area contributed by atoms with E-state index >= 15 is 0 Å². The van der Waals surface area contributed by atoms with E-state index in [4.69, 9.17) is 33.1 Å². The van der Waals surface area contributed by atoms with Crippen LogP contribution in [0.4, 0.5) is 0 Å². The van der Waals surface area contributed by atoms with E-state index in [-0.39, 0.29) is 31.8 Å². The zero-order valence-corrected chi connectivity index (χ0v) is 31.9. The minimum atomic E-state index is -1.91. The van der Waals surface area contributed by atoms with Gasteiger partial charge in [0.1, 0.15) is 42.3 Å². The van der Waals surface area contributed by atoms with Crippen LogP contribution in [0.1, 0.15) is 51.0 Å². The molecule has 0 aliphatic heterocycles. The summed E-state index contributed by atoms with van der Waals surface area (Å²) >= 11 is 0. The van der Waals surface area contributed by atoms with Crippen LogP contribution < -0.4 is 54.8 Å². The largest absolute Gasteiger partial charge is 0.481 e. The summed E-state index contributed by atoms with van der Waals surface area (Å²) < 4.78 is 0. The Kier molecular flexibility index (Phi) is 21.6. The van der Waals surface area contributed by atoms with Gasteiger partial charge in [0.05, 0.1) is 19.4 Å². The zero-order chi connectivity index (χ0) is 44.8. The van der Waals surface area contributed by atoms with E-state index in [0.29, 0.717) is 5.56 Å². The Bertz CT molecular complexity index is 1710. The van der Waals surface area contributed by atoms with E-state index in [2.05, 4.69) is 31.6 Å². The van der Waals surface area contributed by atoms with Crippen molar-refractivity contribution < 1.29 is 68.4 Å². The lowest BCUT2D eigenvalue weighted by Crippen LogP contribution is -2.60. The quantitative estimate of drug-likeness (QED) is 0.0223. The SMILES string of the molecule is C[C@H](NC(=O)[C@H](CC(N)=O)NC(=O)[C@@H](N)CO)C(=O)N[C@@H](CCCN=C(N)N)C(=O)N[C@@H](Cc1ccccc1)C(=O)N[C@@H](CC(=O)O)C(=O)N[C@@H](CCC(=O)O)C(=O)O. The molecule has 25 nitrogen and oxygen atoms in total. The number of hydrogen-bond donors (Lipinski definition) is 14. The minimum Gasteiger partial charge on any atom is -0.481 e. The molecule has 0 aliphatic rings. The van der Waals surface area contributed by atoms with Crippen molar-refractivity contribution >= 4 is 65.2 Å². The molecule has 59 heavy (non-hydrogen) atoms. The average Bonchev–Trinajstić information content (AvgIpc) is 3.15. The third-order valence-corrected chi connectivity index (χ3v) is 8.09. The Labute approximate surface area is 336 Å². The van der Waals surface area contributed by atoms with Crippen LogP contribution in [0.3, 0.4) is 0 Å². The lowest BCUT2D eigenvalue weighted by molar-refractivity contribution is -0.144. The highest BCUT2D eigenvalue weighted by Gasteiger charge is 2.34. The molecule has 326 valence electrons. The summed E-state index contributed by atoms with van der Waals surface area (Å²) in [5, 5.41) is 50.5. The predicted molar refractivity (Wildman–Crippen MR) is 203 cm³/mol. The number of amides is 7. The Morgan fingerprint density at radius 2 is 1.14 bits per heavy atom. The molecule has 18 N–H and O–H groups in total. The van der Waals surface area contributed by atoms with Crippen molar-refractivity contribution in [2.45, 2.75) is 94.2 Å². The maximum absolute atomic E-state index is 13.8. The van der Waals surface area contributed by atoms with Crippen LogP contribution in [-0.2, 0) is 54.4 Å². The van der Waals surface area contributed by atoms with E-state index in [1.165, 1.54) is 6.92 Å². The highest BCUT2D eigenvalue weighted by molar-refractivity contribution is 5.98. The molecule has 1 aromatic carbocycles. The third kappa shape index (κ3) is 19.7. The molecule has 0 heterocycles. The first-order chi connectivity index (χ1) is 27.6. The summed E-state index contributed by atoms with van der Waals surface area (Å²) in [4.78, 5) is 129. The van der Waals surface area contributed by atoms with Crippen LogP contribution in [0.5, 0.6) is 0 Å². The molecule has 7 amide bonds. The zero-order valence-electron chi connectivity index (χ0n) is 31.9. The van der Waals surface area contributed by atoms with Gasteiger partial charge in [0.15, 0.2) is 5.96 Å². The average molecular weight is 838 g/mol. The van der Waals surface area contributed by atoms with Gasteiger partial charge in [0, 0.05) is 19.4 Å². The number of aliphatic hydroxyl groups excluding tert-OH is 1. The first-order valence-electron chi connectivity index (χ1n) is 17.9. The molecule has 0 radical (unpaired) electrons. The number of rotatable bonds is 27. The smallest absolute Gasteiger partial charge is 0.326 e. The summed E-state index contributed by atoms with van der Waals surface area (Å²) in [7, 11) is 0. The molecule has 0 saturated heterocycles. The van der Waals surface area contributed by atoms with E-state index in [0.717, 1.165) is 0 Å². The number of aliphatic carboxylic acids is 3. The van der Waals surface area contributed by atoms with Crippen molar-refractivity contribution in [1.82, 2.24) is 31.9 Å². The summed E-state index contributed by atoms with van der Waals surface area (Å²) in [6.45, 7) is 0.375. The maximum atomic E-state index is 13.8. The van der Waals surface area contributed by atoms with Crippen molar-refractivity contribution in [3.63, 3.8) is 0 Å². The third-order valence-electron chi connectivity index (χ3n) is 8.09. The van der Waals surface area contributed by atoms with Gasteiger partial charge in [-0.3, -0.25) is 48.1 Å². The molecule has 0 bridgehead atoms. The number of hydrogen-bond acceptors (Lipinski definition) is 13. The number of nitrogens with zero attached hydrogens (tertiary/aromatic N) is 1. The highest BCUT2D eigenvalue weighted by Crippen LogP contribution is 2.08. The van der Waals surface area contributed by atoms with Crippen molar-refractivity contribution in [1.29, 1.82) is 0 Å². The fourth-order valence-corrected chi connectivity index (χ4v) is 5.01. The number of aliphatic hydroxyl groups is 1. The normalized spacial score (nSPS) is 14.2. The van der Waals surface area contributed by atoms with E-state index < -0.39 is 134 Å². The molecule has 25 heteroatoms. The molecular weight excluding hydrogens is 786 g/mol. The van der Waals surface area contributed by atoms with Gasteiger partial charge >= 0.3 is 17.9 Å². The molecule has 1 aromatic rings. The van der Waals surface area contributed by atoms with E-state index in [1.807, 2.05) is 5.32 Å². The van der Waals surface area contributed by atoms with Crippen molar-refractivity contribution in [2.75, 3.05) is 13.2 Å². The van der Waals surface area contributed by atoms with E-state index in [9.17, 15) is 58.2 Å². The van der Waals surface area contributed by atoms with Crippen LogP contribution in [0.2, 0.25) is 0 Å². The molecule has 0 unspecified atom stereocenters. The van der Waals surface area contributed by atoms with Crippen molar-refractivity contribution in [3.05, 3.63) is 35.9 Å². The van der Waals surface area contributed by atoms with Gasteiger partial charge in [0.25, 0.3) is 0 Å². The standard InChI is InChI=1S/C34H51N11O14/c1-16(40-30(55)22(13-24(36)47)43-28(53)18(35)15-46)27(52)41-19(8-5-11-39-34(37)38)29(54)44-21(12-17-6-3-2-4-7-17)31(56)45-23(14-26(50)51)32(57)42-20(33(58)59)9-10-25(48)49/h2-4,6-7,16,18-23,46H,5,8-15,35H2,1H3,(H2,36,47)(H,40,55)(H,41,52)(H,42,57)(H,43,53)(H,44,54)(H,45,56)(H,48,49)(H,50,51)(H,58,59)(H4,37,38,39)/t16-,18-,19-,20-,21-,22-,23-/m0/s1. The van der Waals surface area contributed by atoms with Gasteiger partial charge in [-0.2, -0.15) is 0 Å². The van der Waals surface area contributed by atoms with Crippen LogP contribution in [0.15, 0.2) is 35.3 Å². The minimum absolute atomic E-state index is 0.0253. The van der Waals surface area contributed by atoms with Crippen molar-refractivity contribution in [3.8, 4) is 0 Å². The number of aliphatic imine (C=N–C) groups is 1. The Morgan fingerprint density at radius 1 is 0.627 bits per heavy atom. The Balaban J connectivity index is 3.41. The maximum Gasteiger partial charge on any atom is 0.326 e. The van der Waals surface area contributed by atoms with Crippen LogP contribution in [-0.4, -0.2) is 141 Å². The molecule has 7 atom stereocenters. The number of guanidine groups is 1. The van der Waals surface area contributed by atoms with Gasteiger partial charge in [-0.25, -0.2) is 4.79 Å². The first-order valence-corrected chi connectivity index (χ1v) is 17.9. The monoisotopic (exact) mass is 837 g/mol. The van der Waals surface area contributed by atoms with Gasteiger partial charge in [0.2, 0.25) is 41.4 Å². The molecule has 0 spiro atoms. The molecular formula is C34H51N11O14. The second-order valence-corrected chi connectivity index (χ2v) is 13.0. The second-order valence-electron chi connectivity index (χ2n) is 13.0. The highest BCUT2D eigenvalue weighted by atomic mass is 16.4. The van der Waals surface area contributed by atoms with Gasteiger partial charge in [-0.1, -0.05) is 30.3 Å². The van der Waals surface area contributed by atoms with Crippen molar-refractivity contribution in [2.24, 2.45) is 27.9 Å². The summed E-state index contributed by atoms with van der Waals surface area (Å²) in [6.07, 6.45) is -3.38. The fourth-order valence-electron chi connectivity index (χ4n) is 5.01. The lowest BCUT2D eigenvalue weighted by Gasteiger charge is -2.26. The molecule has 0 aliphatic carbocycles. The van der Waals surface area contributed by atoms with Crippen LogP contribution in [0.25, 0.3) is 0 Å². The number of nitrogens with one attached hydrogen (secondary N) is 6. The predicted octanol–water partition coefficient (Wildman–Crippen LogP) is -6.17. The summed E-state index contributed by atoms with van der Waals surface area (Å²) in [5.41, 5.74) is 21.9. The topological polar surface area (TPSA) is 440 Å². The number of benzene rings is 1. The molecule has 0 saturated carbocycles. The summed E-state index contributed by atoms with van der Waals surface area (Å²) in [6, 6.07) is -3.21. The Hall–Kier alpha value is -6.89. The molecule has 0 fully saturated rings. The summed E-state index contributed by atoms with van der Waals surface area (Å²) in [5.74, 6) is -12.3. The number of primary amides is 1. The Morgan fingerprint density at radius 3 is 1.68 bits per heavy atom. The first kappa shape index (κ1) is 50.1. The lowest BCUT2D eigenvalue weighted by atomic mass is 10.0. The number of carbonyl (C=O) groups is 10. The molecule has 1 rings (SSSR count). The van der Waals surface area contributed by atoms with Crippen LogP contribution >= 0.6 is 0 Å². The van der Waals surface area contributed by atoms with E-state index in [1.54, 1.807) is 30.3 Å². The molecule has 0 aromatic heterocycles. The number of carboxylic acids is 3. The number of nitrogens with two attached hydrogens (primary N) is 4. The van der Waals surface area contributed by atoms with Gasteiger partial charge in [-0.15, -0.1) is 0 Å². The van der Waals surface area contributed by atoms with Gasteiger partial charge in [-0.05, 0) is 31.7 Å².